The van der Waals surface area contributed by atoms with E-state index >= 15 is 0 Å². The zero-order valence-electron chi connectivity index (χ0n) is 19.4. The monoisotopic (exact) mass is 444 g/mol. The molecule has 1 fully saturated rings. The Morgan fingerprint density at radius 2 is 2.13 bits per heavy atom. The van der Waals surface area contributed by atoms with Crippen molar-refractivity contribution in [1.82, 2.24) is 15.5 Å². The van der Waals surface area contributed by atoms with Crippen molar-refractivity contribution in [3.8, 4) is 11.5 Å². The van der Waals surface area contributed by atoms with Crippen LogP contribution in [0.5, 0.6) is 11.5 Å². The molecule has 1 aromatic heterocycles. The summed E-state index contributed by atoms with van der Waals surface area (Å²) < 4.78 is 11.0. The highest BCUT2D eigenvalue weighted by atomic mass is 32.1. The van der Waals surface area contributed by atoms with Gasteiger partial charge in [0.2, 0.25) is 0 Å². The molecule has 6 nitrogen and oxygen atoms in total. The predicted octanol–water partition coefficient (Wildman–Crippen LogP) is 4.46. The quantitative estimate of drug-likeness (QED) is 0.465. The van der Waals surface area contributed by atoms with Crippen LogP contribution in [0.2, 0.25) is 0 Å². The molecule has 31 heavy (non-hydrogen) atoms. The molecule has 3 atom stereocenters. The number of guanidine groups is 1. The molecule has 0 bridgehead atoms. The van der Waals surface area contributed by atoms with Crippen molar-refractivity contribution in [3.63, 3.8) is 0 Å². The zero-order valence-corrected chi connectivity index (χ0v) is 20.2. The minimum absolute atomic E-state index is 0.0185. The number of nitrogens with zero attached hydrogens (tertiary/aromatic N) is 2. The summed E-state index contributed by atoms with van der Waals surface area (Å²) >= 11 is 1.85. The normalized spacial score (nSPS) is 20.9. The first-order chi connectivity index (χ1) is 15.1. The highest BCUT2D eigenvalue weighted by Crippen LogP contribution is 2.37. The summed E-state index contributed by atoms with van der Waals surface area (Å²) in [7, 11) is 5.61. The molecule has 0 radical (unpaired) electrons. The molecule has 2 aromatic rings. The Kier molecular flexibility index (Phi) is 8.60. The maximum absolute atomic E-state index is 5.57. The molecule has 2 N–H and O–H groups in total. The summed E-state index contributed by atoms with van der Waals surface area (Å²) in [6.07, 6.45) is 2.43. The summed E-state index contributed by atoms with van der Waals surface area (Å²) in [6, 6.07) is 10.7. The van der Waals surface area contributed by atoms with Crippen LogP contribution in [0, 0.1) is 5.92 Å². The third-order valence-corrected chi connectivity index (χ3v) is 6.87. The van der Waals surface area contributed by atoms with Gasteiger partial charge in [0.25, 0.3) is 0 Å². The average Bonchev–Trinajstić information content (AvgIpc) is 3.31. The van der Waals surface area contributed by atoms with Gasteiger partial charge in [0, 0.05) is 29.6 Å². The highest BCUT2D eigenvalue weighted by Gasteiger charge is 2.31. The van der Waals surface area contributed by atoms with Crippen molar-refractivity contribution >= 4 is 17.3 Å². The fourth-order valence-electron chi connectivity index (χ4n) is 4.35. The van der Waals surface area contributed by atoms with Crippen LogP contribution >= 0.6 is 11.3 Å². The Labute approximate surface area is 190 Å². The number of hydrogen-bond acceptors (Lipinski definition) is 5. The van der Waals surface area contributed by atoms with Crippen LogP contribution in [0.3, 0.4) is 0 Å². The van der Waals surface area contributed by atoms with Crippen LogP contribution in [-0.4, -0.2) is 51.8 Å². The molecule has 0 amide bonds. The Hall–Kier alpha value is -2.25. The third kappa shape index (κ3) is 5.92. The minimum atomic E-state index is 0.0185. The van der Waals surface area contributed by atoms with Crippen molar-refractivity contribution in [2.45, 2.75) is 38.8 Å². The Bertz CT molecular complexity index is 840. The van der Waals surface area contributed by atoms with E-state index in [2.05, 4.69) is 53.9 Å². The van der Waals surface area contributed by atoms with E-state index in [9.17, 15) is 0 Å². The number of nitrogens with one attached hydrogen (secondary N) is 2. The second-order valence-electron chi connectivity index (χ2n) is 8.04. The molecule has 0 spiro atoms. The lowest BCUT2D eigenvalue weighted by Crippen LogP contribution is -2.41. The fraction of sp³-hybridized carbons (Fsp3) is 0.542. The van der Waals surface area contributed by atoms with Gasteiger partial charge in [0.15, 0.2) is 5.96 Å². The van der Waals surface area contributed by atoms with Gasteiger partial charge in [0.05, 0.1) is 20.3 Å². The maximum Gasteiger partial charge on any atom is 0.191 e. The lowest BCUT2D eigenvalue weighted by Gasteiger charge is -2.38. The standard InChI is InChI=1S/C24H36N4O2S/c1-6-25-24(27-17(2)20-15-19(29-4)11-12-21(20)30-5)26-16-18-9-7-13-28(3)23(18)22-10-8-14-31-22/h8,10-12,14-15,17-18,23H,6-7,9,13,16H2,1-5H3,(H2,25,26,27). The Balaban J connectivity index is 1.75. The Morgan fingerprint density at radius 3 is 2.81 bits per heavy atom. The van der Waals surface area contributed by atoms with Crippen LogP contribution in [0.4, 0.5) is 0 Å². The first-order valence-corrected chi connectivity index (χ1v) is 12.0. The van der Waals surface area contributed by atoms with E-state index in [1.165, 1.54) is 17.7 Å². The summed E-state index contributed by atoms with van der Waals surface area (Å²) in [5.41, 5.74) is 1.04. The number of aliphatic imine (C=N–C) groups is 1. The van der Waals surface area contributed by atoms with Crippen LogP contribution in [-0.2, 0) is 0 Å². The van der Waals surface area contributed by atoms with Crippen molar-refractivity contribution < 1.29 is 9.47 Å². The molecule has 1 aliphatic heterocycles. The van der Waals surface area contributed by atoms with Gasteiger partial charge in [-0.1, -0.05) is 6.07 Å². The van der Waals surface area contributed by atoms with Gasteiger partial charge in [-0.3, -0.25) is 9.89 Å². The van der Waals surface area contributed by atoms with Crippen LogP contribution in [0.1, 0.15) is 49.2 Å². The number of likely N-dealkylation sites (tertiary alicyclic amines) is 1. The molecule has 0 saturated carbocycles. The van der Waals surface area contributed by atoms with Gasteiger partial charge in [-0.25, -0.2) is 0 Å². The lowest BCUT2D eigenvalue weighted by atomic mass is 9.88. The van der Waals surface area contributed by atoms with Crippen LogP contribution in [0.15, 0.2) is 40.7 Å². The highest BCUT2D eigenvalue weighted by molar-refractivity contribution is 7.10. The smallest absolute Gasteiger partial charge is 0.191 e. The van der Waals surface area contributed by atoms with E-state index in [4.69, 9.17) is 14.5 Å². The fourth-order valence-corrected chi connectivity index (χ4v) is 5.33. The molecule has 2 heterocycles. The third-order valence-electron chi connectivity index (χ3n) is 5.93. The van der Waals surface area contributed by atoms with Gasteiger partial charge in [0.1, 0.15) is 11.5 Å². The summed E-state index contributed by atoms with van der Waals surface area (Å²) in [6.45, 7) is 6.97. The van der Waals surface area contributed by atoms with E-state index in [1.807, 2.05) is 29.5 Å². The van der Waals surface area contributed by atoms with Crippen molar-refractivity contribution in [3.05, 3.63) is 46.2 Å². The molecule has 3 rings (SSSR count). The van der Waals surface area contributed by atoms with Gasteiger partial charge in [-0.05, 0) is 75.8 Å². The zero-order chi connectivity index (χ0) is 22.2. The minimum Gasteiger partial charge on any atom is -0.497 e. The van der Waals surface area contributed by atoms with E-state index in [0.717, 1.165) is 42.7 Å². The summed E-state index contributed by atoms with van der Waals surface area (Å²) in [5, 5.41) is 9.13. The molecule has 3 unspecified atom stereocenters. The second kappa shape index (κ2) is 11.4. The predicted molar refractivity (Wildman–Crippen MR) is 129 cm³/mol. The molecule has 170 valence electrons. The van der Waals surface area contributed by atoms with Gasteiger partial charge < -0.3 is 20.1 Å². The number of hydrogen-bond donors (Lipinski definition) is 2. The maximum atomic E-state index is 5.57. The average molecular weight is 445 g/mol. The number of methoxy groups -OCH3 is 2. The second-order valence-corrected chi connectivity index (χ2v) is 9.02. The number of ether oxygens (including phenoxy) is 2. The largest absolute Gasteiger partial charge is 0.497 e. The number of thiophene rings is 1. The molecule has 0 aliphatic carbocycles. The topological polar surface area (TPSA) is 58.1 Å². The van der Waals surface area contributed by atoms with Gasteiger partial charge >= 0.3 is 0 Å². The molecular formula is C24H36N4O2S. The van der Waals surface area contributed by atoms with E-state index in [-0.39, 0.29) is 6.04 Å². The molecule has 1 aromatic carbocycles. The van der Waals surface area contributed by atoms with E-state index in [1.54, 1.807) is 14.2 Å². The van der Waals surface area contributed by atoms with Gasteiger partial charge in [-0.2, -0.15) is 0 Å². The SMILES string of the molecule is CCNC(=NCC1CCCN(C)C1c1cccs1)NC(C)c1cc(OC)ccc1OC. The molecule has 7 heteroatoms. The van der Waals surface area contributed by atoms with Crippen molar-refractivity contribution in [1.29, 1.82) is 0 Å². The Morgan fingerprint density at radius 1 is 1.29 bits per heavy atom. The first kappa shape index (κ1) is 23.4. The van der Waals surface area contributed by atoms with Crippen molar-refractivity contribution in [2.75, 3.05) is 40.9 Å². The number of rotatable bonds is 8. The number of piperidine rings is 1. The van der Waals surface area contributed by atoms with Crippen molar-refractivity contribution in [2.24, 2.45) is 10.9 Å². The summed E-state index contributed by atoms with van der Waals surface area (Å²) in [4.78, 5) is 8.92. The van der Waals surface area contributed by atoms with Gasteiger partial charge in [-0.15, -0.1) is 11.3 Å². The molecule has 1 aliphatic rings. The first-order valence-electron chi connectivity index (χ1n) is 11.1. The lowest BCUT2D eigenvalue weighted by molar-refractivity contribution is 0.128. The summed E-state index contributed by atoms with van der Waals surface area (Å²) in [5.74, 6) is 2.99. The molecule has 1 saturated heterocycles. The molecular weight excluding hydrogens is 408 g/mol. The number of benzene rings is 1. The van der Waals surface area contributed by atoms with E-state index in [0.29, 0.717) is 12.0 Å². The van der Waals surface area contributed by atoms with E-state index < -0.39 is 0 Å². The van der Waals surface area contributed by atoms with Crippen LogP contribution < -0.4 is 20.1 Å². The van der Waals surface area contributed by atoms with Crippen LogP contribution in [0.25, 0.3) is 0 Å².